The number of anilines is 1. The number of hydrogen-bond donors (Lipinski definition) is 1. The number of alkyl halides is 3. The molecular formula is C21H18F3NO3. The van der Waals surface area contributed by atoms with E-state index in [-0.39, 0.29) is 18.1 Å². The van der Waals surface area contributed by atoms with Crippen LogP contribution in [-0.2, 0) is 12.8 Å². The smallest absolute Gasteiger partial charge is 0.418 e. The highest BCUT2D eigenvalue weighted by Crippen LogP contribution is 2.34. The lowest BCUT2D eigenvalue weighted by Gasteiger charge is -2.12. The zero-order chi connectivity index (χ0) is 20.3. The van der Waals surface area contributed by atoms with Gasteiger partial charge in [0, 0.05) is 0 Å². The number of furan rings is 1. The topological polar surface area (TPSA) is 51.5 Å². The first-order valence-electron chi connectivity index (χ1n) is 8.50. The number of ether oxygens (including phenoxy) is 1. The van der Waals surface area contributed by atoms with Crippen molar-refractivity contribution in [3.8, 4) is 5.75 Å². The molecule has 4 nitrogen and oxygen atoms in total. The molecule has 0 saturated carbocycles. The van der Waals surface area contributed by atoms with Crippen molar-refractivity contribution < 1.29 is 27.1 Å². The highest BCUT2D eigenvalue weighted by molar-refractivity contribution is 6.02. The third kappa shape index (κ3) is 4.54. The summed E-state index contributed by atoms with van der Waals surface area (Å²) < 4.78 is 50.1. The van der Waals surface area contributed by atoms with Crippen LogP contribution in [0.4, 0.5) is 18.9 Å². The fraction of sp³-hybridized carbons (Fsp3) is 0.190. The summed E-state index contributed by atoms with van der Waals surface area (Å²) in [6.07, 6.45) is -4.57. The molecule has 28 heavy (non-hydrogen) atoms. The van der Waals surface area contributed by atoms with Gasteiger partial charge in [-0.3, -0.25) is 4.79 Å². The summed E-state index contributed by atoms with van der Waals surface area (Å²) in [6.45, 7) is 4.05. The number of halogens is 3. The Morgan fingerprint density at radius 3 is 2.50 bits per heavy atom. The second-order valence-corrected chi connectivity index (χ2v) is 6.30. The average Bonchev–Trinajstić information content (AvgIpc) is 3.11. The predicted octanol–water partition coefficient (Wildman–Crippen LogP) is 5.75. The summed E-state index contributed by atoms with van der Waals surface area (Å²) in [4.78, 5) is 12.2. The molecular weight excluding hydrogens is 371 g/mol. The van der Waals surface area contributed by atoms with Gasteiger partial charge >= 0.3 is 6.18 Å². The van der Waals surface area contributed by atoms with Crippen LogP contribution in [0, 0.1) is 13.8 Å². The summed E-state index contributed by atoms with van der Waals surface area (Å²) in [5.74, 6) is 0.168. The van der Waals surface area contributed by atoms with E-state index in [1.54, 1.807) is 6.07 Å². The van der Waals surface area contributed by atoms with Gasteiger partial charge in [-0.15, -0.1) is 0 Å². The number of aryl methyl sites for hydroxylation is 2. The van der Waals surface area contributed by atoms with Crippen LogP contribution in [0.1, 0.15) is 33.0 Å². The van der Waals surface area contributed by atoms with Crippen molar-refractivity contribution in [3.05, 3.63) is 82.8 Å². The number of rotatable bonds is 5. The molecule has 0 aliphatic carbocycles. The minimum Gasteiger partial charge on any atom is -0.486 e. The van der Waals surface area contributed by atoms with Crippen LogP contribution in [0.3, 0.4) is 0 Å². The van der Waals surface area contributed by atoms with Crippen molar-refractivity contribution in [2.45, 2.75) is 26.6 Å². The van der Waals surface area contributed by atoms with Gasteiger partial charge in [0.1, 0.15) is 18.1 Å². The summed E-state index contributed by atoms with van der Waals surface area (Å²) in [5, 5.41) is 2.24. The van der Waals surface area contributed by atoms with E-state index in [2.05, 4.69) is 5.32 Å². The van der Waals surface area contributed by atoms with Gasteiger partial charge in [-0.2, -0.15) is 13.2 Å². The fourth-order valence-corrected chi connectivity index (χ4v) is 2.56. The van der Waals surface area contributed by atoms with Crippen LogP contribution in [0.5, 0.6) is 5.75 Å². The van der Waals surface area contributed by atoms with Crippen LogP contribution in [-0.4, -0.2) is 5.91 Å². The van der Waals surface area contributed by atoms with Crippen LogP contribution in [0.2, 0.25) is 0 Å². The van der Waals surface area contributed by atoms with Crippen LogP contribution >= 0.6 is 0 Å². The molecule has 1 aromatic heterocycles. The Bertz CT molecular complexity index is 993. The van der Waals surface area contributed by atoms with Gasteiger partial charge < -0.3 is 14.5 Å². The van der Waals surface area contributed by atoms with Crippen molar-refractivity contribution in [2.75, 3.05) is 5.32 Å². The van der Waals surface area contributed by atoms with E-state index in [4.69, 9.17) is 9.15 Å². The number of para-hydroxylation sites is 1. The Kier molecular flexibility index (Phi) is 5.44. The van der Waals surface area contributed by atoms with Gasteiger partial charge in [0.05, 0.1) is 11.3 Å². The lowest BCUT2D eigenvalue weighted by molar-refractivity contribution is -0.136. The molecule has 1 heterocycles. The summed E-state index contributed by atoms with van der Waals surface area (Å²) in [5.41, 5.74) is 0.973. The zero-order valence-corrected chi connectivity index (χ0v) is 15.3. The standard InChI is InChI=1S/C21H18F3NO3/c1-13-7-8-15(11-14(13)2)27-12-16-9-10-19(28-16)20(26)25-18-6-4-3-5-17(18)21(22,23)24/h3-11H,12H2,1-2H3,(H,25,26). The Labute approximate surface area is 159 Å². The number of carbonyl (C=O) groups is 1. The van der Waals surface area contributed by atoms with Crippen molar-refractivity contribution in [3.63, 3.8) is 0 Å². The zero-order valence-electron chi connectivity index (χ0n) is 15.3. The van der Waals surface area contributed by atoms with Gasteiger partial charge in [-0.25, -0.2) is 0 Å². The van der Waals surface area contributed by atoms with Gasteiger partial charge in [0.15, 0.2) is 5.76 Å². The molecule has 0 spiro atoms. The highest BCUT2D eigenvalue weighted by Gasteiger charge is 2.33. The second kappa shape index (κ2) is 7.80. The van der Waals surface area contributed by atoms with E-state index in [0.717, 1.165) is 17.2 Å². The molecule has 0 bridgehead atoms. The second-order valence-electron chi connectivity index (χ2n) is 6.30. The number of benzene rings is 2. The Balaban J connectivity index is 1.67. The van der Waals surface area contributed by atoms with E-state index in [9.17, 15) is 18.0 Å². The van der Waals surface area contributed by atoms with Gasteiger partial charge in [-0.05, 0) is 61.4 Å². The molecule has 0 aliphatic rings. The molecule has 3 rings (SSSR count). The van der Waals surface area contributed by atoms with E-state index < -0.39 is 17.6 Å². The first-order chi connectivity index (χ1) is 13.2. The van der Waals surface area contributed by atoms with Crippen molar-refractivity contribution >= 4 is 11.6 Å². The lowest BCUT2D eigenvalue weighted by atomic mass is 10.1. The Morgan fingerprint density at radius 2 is 1.79 bits per heavy atom. The van der Waals surface area contributed by atoms with E-state index in [1.165, 1.54) is 24.3 Å². The van der Waals surface area contributed by atoms with E-state index in [0.29, 0.717) is 11.5 Å². The molecule has 0 unspecified atom stereocenters. The first-order valence-corrected chi connectivity index (χ1v) is 8.50. The monoisotopic (exact) mass is 389 g/mol. The normalized spacial score (nSPS) is 11.3. The van der Waals surface area contributed by atoms with Gasteiger partial charge in [0.25, 0.3) is 5.91 Å². The minimum absolute atomic E-state index is 0.0922. The molecule has 0 aliphatic heterocycles. The SMILES string of the molecule is Cc1ccc(OCc2ccc(C(=O)Nc3ccccc3C(F)(F)F)o2)cc1C. The molecule has 0 atom stereocenters. The maximum absolute atomic E-state index is 13.0. The molecule has 0 fully saturated rings. The third-order valence-electron chi connectivity index (χ3n) is 4.23. The molecule has 2 aromatic carbocycles. The average molecular weight is 389 g/mol. The van der Waals surface area contributed by atoms with E-state index in [1.807, 2.05) is 32.0 Å². The molecule has 0 radical (unpaired) electrons. The largest absolute Gasteiger partial charge is 0.486 e. The molecule has 1 N–H and O–H groups in total. The number of hydrogen-bond acceptors (Lipinski definition) is 3. The predicted molar refractivity (Wildman–Crippen MR) is 98.4 cm³/mol. The summed E-state index contributed by atoms with van der Waals surface area (Å²) in [7, 11) is 0. The molecule has 7 heteroatoms. The summed E-state index contributed by atoms with van der Waals surface area (Å²) in [6, 6.07) is 13.4. The number of amides is 1. The van der Waals surface area contributed by atoms with Gasteiger partial charge in [0.2, 0.25) is 0 Å². The summed E-state index contributed by atoms with van der Waals surface area (Å²) >= 11 is 0. The number of carbonyl (C=O) groups excluding carboxylic acids is 1. The van der Waals surface area contributed by atoms with Crippen molar-refractivity contribution in [1.29, 1.82) is 0 Å². The Hall–Kier alpha value is -3.22. The number of nitrogens with one attached hydrogen (secondary N) is 1. The van der Waals surface area contributed by atoms with Crippen molar-refractivity contribution in [1.82, 2.24) is 0 Å². The fourth-order valence-electron chi connectivity index (χ4n) is 2.56. The molecule has 0 saturated heterocycles. The van der Waals surface area contributed by atoms with Crippen LogP contribution < -0.4 is 10.1 Å². The quantitative estimate of drug-likeness (QED) is 0.605. The Morgan fingerprint density at radius 1 is 1.04 bits per heavy atom. The maximum atomic E-state index is 13.0. The third-order valence-corrected chi connectivity index (χ3v) is 4.23. The molecule has 3 aromatic rings. The maximum Gasteiger partial charge on any atom is 0.418 e. The van der Waals surface area contributed by atoms with Gasteiger partial charge in [-0.1, -0.05) is 18.2 Å². The minimum atomic E-state index is -4.57. The van der Waals surface area contributed by atoms with Crippen LogP contribution in [0.15, 0.2) is 59.0 Å². The molecule has 1 amide bonds. The van der Waals surface area contributed by atoms with Crippen LogP contribution in [0.25, 0.3) is 0 Å². The molecule has 146 valence electrons. The highest BCUT2D eigenvalue weighted by atomic mass is 19.4. The first kappa shape index (κ1) is 19.5. The van der Waals surface area contributed by atoms with Crippen molar-refractivity contribution in [2.24, 2.45) is 0 Å². The lowest BCUT2D eigenvalue weighted by Crippen LogP contribution is -2.16. The van der Waals surface area contributed by atoms with E-state index >= 15 is 0 Å².